The highest BCUT2D eigenvalue weighted by Gasteiger charge is 2.33. The number of esters is 1. The van der Waals surface area contributed by atoms with E-state index in [2.05, 4.69) is 10.1 Å². The number of amides is 2. The van der Waals surface area contributed by atoms with Crippen LogP contribution >= 0.6 is 0 Å². The van der Waals surface area contributed by atoms with Gasteiger partial charge in [0.25, 0.3) is 0 Å². The minimum Gasteiger partial charge on any atom is -0.469 e. The molecule has 1 aliphatic rings. The van der Waals surface area contributed by atoms with Gasteiger partial charge in [0.1, 0.15) is 6.04 Å². The number of carbonyl (C=O) groups is 3. The zero-order valence-corrected chi connectivity index (χ0v) is 14.9. The van der Waals surface area contributed by atoms with Gasteiger partial charge >= 0.3 is 5.97 Å². The Morgan fingerprint density at radius 3 is 2.64 bits per heavy atom. The molecule has 2 rings (SSSR count). The molecule has 1 atom stereocenters. The van der Waals surface area contributed by atoms with Crippen molar-refractivity contribution in [3.05, 3.63) is 35.4 Å². The molecule has 1 aromatic rings. The van der Waals surface area contributed by atoms with Gasteiger partial charge in [-0.25, -0.2) is 0 Å². The predicted molar refractivity (Wildman–Crippen MR) is 92.7 cm³/mol. The van der Waals surface area contributed by atoms with E-state index in [1.54, 1.807) is 16.8 Å². The van der Waals surface area contributed by atoms with Gasteiger partial charge in [0.15, 0.2) is 0 Å². The summed E-state index contributed by atoms with van der Waals surface area (Å²) in [5.41, 5.74) is 2.21. The summed E-state index contributed by atoms with van der Waals surface area (Å²) in [6, 6.07) is 7.34. The molecule has 0 aromatic heterocycles. The molecule has 1 heterocycles. The maximum atomic E-state index is 12.5. The lowest BCUT2D eigenvalue weighted by Gasteiger charge is -2.34. The lowest BCUT2D eigenvalue weighted by molar-refractivity contribution is -0.147. The van der Waals surface area contributed by atoms with Crippen molar-refractivity contribution in [2.45, 2.75) is 25.9 Å². The van der Waals surface area contributed by atoms with Crippen LogP contribution in [0.15, 0.2) is 24.3 Å². The van der Waals surface area contributed by atoms with E-state index in [9.17, 15) is 14.4 Å². The molecule has 0 saturated carbocycles. The zero-order chi connectivity index (χ0) is 18.4. The number of rotatable bonds is 6. The molecule has 1 N–H and O–H groups in total. The van der Waals surface area contributed by atoms with Gasteiger partial charge in [0.2, 0.25) is 11.8 Å². The second-order valence-corrected chi connectivity index (χ2v) is 6.29. The number of piperazine rings is 1. The number of nitrogens with one attached hydrogen (secondary N) is 1. The number of benzene rings is 1. The van der Waals surface area contributed by atoms with Gasteiger partial charge in [-0.2, -0.15) is 0 Å². The topological polar surface area (TPSA) is 79.0 Å². The fourth-order valence-corrected chi connectivity index (χ4v) is 2.76. The first-order valence-electron chi connectivity index (χ1n) is 8.28. The number of nitrogens with zero attached hydrogens (tertiary/aromatic N) is 2. The Kier molecular flexibility index (Phi) is 6.52. The summed E-state index contributed by atoms with van der Waals surface area (Å²) in [7, 11) is 3.02. The van der Waals surface area contributed by atoms with Crippen LogP contribution in [0.3, 0.4) is 0 Å². The van der Waals surface area contributed by atoms with E-state index in [0.29, 0.717) is 19.6 Å². The minimum atomic E-state index is -0.669. The van der Waals surface area contributed by atoms with Crippen LogP contribution in [0.4, 0.5) is 0 Å². The Balaban J connectivity index is 1.97. The second-order valence-electron chi connectivity index (χ2n) is 6.29. The number of methoxy groups -OCH3 is 1. The fraction of sp³-hybridized carbons (Fsp3) is 0.500. The number of hydrogen-bond donors (Lipinski definition) is 1. The SMILES string of the molecule is COC(=O)C[C@@H]1C(=O)NCCN1CC(=O)N(C)Cc1ccc(C)cc1. The molecule has 0 aliphatic carbocycles. The summed E-state index contributed by atoms with van der Waals surface area (Å²) in [4.78, 5) is 39.5. The van der Waals surface area contributed by atoms with Crippen LogP contribution in [0.5, 0.6) is 0 Å². The molecule has 0 radical (unpaired) electrons. The lowest BCUT2D eigenvalue weighted by atomic mass is 10.1. The molecule has 1 saturated heterocycles. The van der Waals surface area contributed by atoms with Crippen LogP contribution in [0.25, 0.3) is 0 Å². The molecular formula is C18H25N3O4. The number of carbonyl (C=O) groups excluding carboxylic acids is 3. The summed E-state index contributed by atoms with van der Waals surface area (Å²) in [6.45, 7) is 3.60. The third kappa shape index (κ3) is 5.29. The van der Waals surface area contributed by atoms with Gasteiger partial charge in [-0.05, 0) is 12.5 Å². The van der Waals surface area contributed by atoms with Crippen molar-refractivity contribution in [1.29, 1.82) is 0 Å². The maximum absolute atomic E-state index is 12.5. The predicted octanol–water partition coefficient (Wildman–Crippen LogP) is 0.317. The van der Waals surface area contributed by atoms with Crippen LogP contribution in [0.2, 0.25) is 0 Å². The van der Waals surface area contributed by atoms with Crippen molar-refractivity contribution < 1.29 is 19.1 Å². The third-order valence-corrected chi connectivity index (χ3v) is 4.33. The normalized spacial score (nSPS) is 17.7. The van der Waals surface area contributed by atoms with Gasteiger partial charge in [0, 0.05) is 26.7 Å². The molecule has 136 valence electrons. The fourth-order valence-electron chi connectivity index (χ4n) is 2.76. The average molecular weight is 347 g/mol. The minimum absolute atomic E-state index is 0.0582. The molecule has 1 fully saturated rings. The van der Waals surface area contributed by atoms with Crippen molar-refractivity contribution in [3.8, 4) is 0 Å². The van der Waals surface area contributed by atoms with Gasteiger partial charge in [-0.15, -0.1) is 0 Å². The van der Waals surface area contributed by atoms with Gasteiger partial charge < -0.3 is 15.0 Å². The average Bonchev–Trinajstić information content (AvgIpc) is 2.59. The Morgan fingerprint density at radius 2 is 2.00 bits per heavy atom. The van der Waals surface area contributed by atoms with E-state index in [0.717, 1.165) is 5.56 Å². The standard InChI is InChI=1S/C18H25N3O4/c1-13-4-6-14(7-5-13)11-20(2)16(22)12-21-9-8-19-18(24)15(21)10-17(23)25-3/h4-7,15H,8-12H2,1-3H3,(H,19,24)/t15-/m1/s1. The van der Waals surface area contributed by atoms with Crippen LogP contribution < -0.4 is 5.32 Å². The molecule has 7 heteroatoms. The molecule has 1 aromatic carbocycles. The Labute approximate surface area is 147 Å². The van der Waals surface area contributed by atoms with E-state index >= 15 is 0 Å². The number of ether oxygens (including phenoxy) is 1. The van der Waals surface area contributed by atoms with Crippen molar-refractivity contribution in [3.63, 3.8) is 0 Å². The molecule has 25 heavy (non-hydrogen) atoms. The third-order valence-electron chi connectivity index (χ3n) is 4.33. The zero-order valence-electron chi connectivity index (χ0n) is 14.9. The first kappa shape index (κ1) is 18.9. The van der Waals surface area contributed by atoms with E-state index < -0.39 is 12.0 Å². The van der Waals surface area contributed by atoms with Crippen LogP contribution in [0, 0.1) is 6.92 Å². The van der Waals surface area contributed by atoms with E-state index in [4.69, 9.17) is 0 Å². The van der Waals surface area contributed by atoms with Gasteiger partial charge in [-0.3, -0.25) is 19.3 Å². The monoisotopic (exact) mass is 347 g/mol. The van der Waals surface area contributed by atoms with Crippen molar-refractivity contribution in [2.75, 3.05) is 33.8 Å². The molecule has 0 unspecified atom stereocenters. The molecule has 0 bridgehead atoms. The van der Waals surface area contributed by atoms with E-state index in [1.807, 2.05) is 31.2 Å². The second kappa shape index (κ2) is 8.62. The summed E-state index contributed by atoms with van der Waals surface area (Å²) in [6.07, 6.45) is -0.0582. The van der Waals surface area contributed by atoms with Crippen LogP contribution in [0.1, 0.15) is 17.5 Å². The molecule has 1 aliphatic heterocycles. The van der Waals surface area contributed by atoms with Crippen LogP contribution in [-0.2, 0) is 25.7 Å². The molecule has 0 spiro atoms. The highest BCUT2D eigenvalue weighted by atomic mass is 16.5. The Hall–Kier alpha value is -2.41. The van der Waals surface area contributed by atoms with Gasteiger partial charge in [0.05, 0.1) is 20.1 Å². The first-order valence-corrected chi connectivity index (χ1v) is 8.28. The Bertz CT molecular complexity index is 630. The molecule has 7 nitrogen and oxygen atoms in total. The van der Waals surface area contributed by atoms with E-state index in [1.165, 1.54) is 12.7 Å². The van der Waals surface area contributed by atoms with Crippen LogP contribution in [-0.4, -0.2) is 67.4 Å². The quantitative estimate of drug-likeness (QED) is 0.750. The van der Waals surface area contributed by atoms with Crippen molar-refractivity contribution in [1.82, 2.24) is 15.1 Å². The molecular weight excluding hydrogens is 322 g/mol. The summed E-state index contributed by atoms with van der Waals surface area (Å²) in [5, 5.41) is 2.73. The van der Waals surface area contributed by atoms with Crippen molar-refractivity contribution in [2.24, 2.45) is 0 Å². The lowest BCUT2D eigenvalue weighted by Crippen LogP contribution is -2.58. The van der Waals surface area contributed by atoms with Crippen molar-refractivity contribution >= 4 is 17.8 Å². The summed E-state index contributed by atoms with van der Waals surface area (Å²) in [5.74, 6) is -0.803. The number of likely N-dealkylation sites (N-methyl/N-ethyl adjacent to an activating group) is 1. The molecule has 2 amide bonds. The first-order chi connectivity index (χ1) is 11.9. The largest absolute Gasteiger partial charge is 0.469 e. The Morgan fingerprint density at radius 1 is 1.32 bits per heavy atom. The smallest absolute Gasteiger partial charge is 0.307 e. The van der Waals surface area contributed by atoms with Gasteiger partial charge in [-0.1, -0.05) is 29.8 Å². The summed E-state index contributed by atoms with van der Waals surface area (Å²) >= 11 is 0. The number of aryl methyl sites for hydroxylation is 1. The highest BCUT2D eigenvalue weighted by molar-refractivity contribution is 5.88. The van der Waals surface area contributed by atoms with E-state index in [-0.39, 0.29) is 24.8 Å². The number of hydrogen-bond acceptors (Lipinski definition) is 5. The highest BCUT2D eigenvalue weighted by Crippen LogP contribution is 2.11. The maximum Gasteiger partial charge on any atom is 0.307 e. The summed E-state index contributed by atoms with van der Waals surface area (Å²) < 4.78 is 4.65.